The second kappa shape index (κ2) is 8.04. The third-order valence-electron chi connectivity index (χ3n) is 6.09. The van der Waals surface area contributed by atoms with Crippen molar-refractivity contribution in [2.24, 2.45) is 0 Å². The average Bonchev–Trinajstić information content (AvgIpc) is 2.79. The molecule has 5 nitrogen and oxygen atoms in total. The van der Waals surface area contributed by atoms with Crippen LogP contribution in [0.5, 0.6) is 0 Å². The Hall–Kier alpha value is -3.22. The fourth-order valence-electron chi connectivity index (χ4n) is 4.33. The number of aryl methyl sites for hydroxylation is 1. The summed E-state index contributed by atoms with van der Waals surface area (Å²) in [5.41, 5.74) is 8.43. The molecule has 4 aromatic rings. The summed E-state index contributed by atoms with van der Waals surface area (Å²) in [6, 6.07) is 24.7. The van der Waals surface area contributed by atoms with Crippen LogP contribution in [0.15, 0.2) is 72.8 Å². The molecule has 3 aromatic carbocycles. The Bertz CT molecular complexity index is 1430. The van der Waals surface area contributed by atoms with E-state index in [0.29, 0.717) is 19.5 Å². The first-order chi connectivity index (χ1) is 15.4. The van der Waals surface area contributed by atoms with E-state index in [4.69, 9.17) is 4.98 Å². The minimum Gasteiger partial charge on any atom is -0.355 e. The van der Waals surface area contributed by atoms with Gasteiger partial charge in [0, 0.05) is 35.4 Å². The SMILES string of the molecule is Cc1ccc(Nc2cccc3c2CCN(S(C)(=O)=O)C3)cc1-c1ccc2ccccc2n1. The van der Waals surface area contributed by atoms with Crippen LogP contribution in [0.3, 0.4) is 0 Å². The van der Waals surface area contributed by atoms with Gasteiger partial charge in [-0.05, 0) is 60.4 Å². The van der Waals surface area contributed by atoms with Gasteiger partial charge in [-0.2, -0.15) is 4.31 Å². The zero-order chi connectivity index (χ0) is 22.3. The molecule has 0 atom stereocenters. The Labute approximate surface area is 188 Å². The van der Waals surface area contributed by atoms with E-state index in [-0.39, 0.29) is 0 Å². The van der Waals surface area contributed by atoms with Crippen molar-refractivity contribution in [1.29, 1.82) is 0 Å². The molecular weight excluding hydrogens is 418 g/mol. The van der Waals surface area contributed by atoms with Crippen LogP contribution in [0.4, 0.5) is 11.4 Å². The van der Waals surface area contributed by atoms with Crippen molar-refractivity contribution in [3.05, 3.63) is 89.5 Å². The topological polar surface area (TPSA) is 62.3 Å². The van der Waals surface area contributed by atoms with Crippen LogP contribution in [0.25, 0.3) is 22.2 Å². The minimum absolute atomic E-state index is 0.420. The van der Waals surface area contributed by atoms with Crippen LogP contribution in [0.1, 0.15) is 16.7 Å². The molecule has 0 bridgehead atoms. The Morgan fingerprint density at radius 3 is 2.66 bits per heavy atom. The summed E-state index contributed by atoms with van der Waals surface area (Å²) in [7, 11) is -3.19. The van der Waals surface area contributed by atoms with Crippen LogP contribution < -0.4 is 5.32 Å². The van der Waals surface area contributed by atoms with Crippen LogP contribution in [-0.2, 0) is 23.0 Å². The van der Waals surface area contributed by atoms with E-state index in [1.54, 1.807) is 0 Å². The molecule has 0 radical (unpaired) electrons. The number of rotatable bonds is 4. The second-order valence-corrected chi connectivity index (χ2v) is 10.3. The maximum Gasteiger partial charge on any atom is 0.211 e. The van der Waals surface area contributed by atoms with Gasteiger partial charge in [0.1, 0.15) is 0 Å². The number of pyridine rings is 1. The Kier molecular flexibility index (Phi) is 5.19. The molecule has 32 heavy (non-hydrogen) atoms. The highest BCUT2D eigenvalue weighted by Gasteiger charge is 2.24. The molecular formula is C26H25N3O2S. The van der Waals surface area contributed by atoms with E-state index in [9.17, 15) is 8.42 Å². The molecule has 0 amide bonds. The van der Waals surface area contributed by atoms with Gasteiger partial charge in [0.15, 0.2) is 0 Å². The second-order valence-electron chi connectivity index (χ2n) is 8.33. The molecule has 0 saturated carbocycles. The molecule has 0 spiro atoms. The lowest BCUT2D eigenvalue weighted by atomic mass is 9.98. The maximum atomic E-state index is 12.0. The van der Waals surface area contributed by atoms with Gasteiger partial charge < -0.3 is 5.32 Å². The monoisotopic (exact) mass is 443 g/mol. The predicted octanol–water partition coefficient (Wildman–Crippen LogP) is 5.27. The molecule has 1 aliphatic rings. The highest BCUT2D eigenvalue weighted by Crippen LogP contribution is 2.32. The first-order valence-electron chi connectivity index (χ1n) is 10.7. The van der Waals surface area contributed by atoms with Crippen LogP contribution >= 0.6 is 0 Å². The van der Waals surface area contributed by atoms with Crippen molar-refractivity contribution < 1.29 is 8.42 Å². The number of anilines is 2. The zero-order valence-corrected chi connectivity index (χ0v) is 19.0. The summed E-state index contributed by atoms with van der Waals surface area (Å²) in [6.45, 7) is 3.02. The average molecular weight is 444 g/mol. The summed E-state index contributed by atoms with van der Waals surface area (Å²) < 4.78 is 25.5. The fourth-order valence-corrected chi connectivity index (χ4v) is 5.13. The number of sulfonamides is 1. The van der Waals surface area contributed by atoms with Gasteiger partial charge in [-0.15, -0.1) is 0 Å². The van der Waals surface area contributed by atoms with Crippen molar-refractivity contribution in [2.45, 2.75) is 19.9 Å². The highest BCUT2D eigenvalue weighted by molar-refractivity contribution is 7.88. The van der Waals surface area contributed by atoms with Gasteiger partial charge >= 0.3 is 0 Å². The molecule has 1 aliphatic heterocycles. The summed E-state index contributed by atoms with van der Waals surface area (Å²) in [5.74, 6) is 0. The standard InChI is InChI=1S/C26H25N3O2S/c1-18-10-12-21(16-23(18)26-13-11-19-6-3-4-8-24(19)28-26)27-25-9-5-7-20-17-29(32(2,30)31)15-14-22(20)25/h3-13,16,27H,14-15,17H2,1-2H3. The van der Waals surface area contributed by atoms with Crippen LogP contribution in [0, 0.1) is 6.92 Å². The molecule has 0 fully saturated rings. The Morgan fingerprint density at radius 1 is 0.969 bits per heavy atom. The van der Waals surface area contributed by atoms with E-state index in [0.717, 1.165) is 44.7 Å². The lowest BCUT2D eigenvalue weighted by Crippen LogP contribution is -2.35. The summed E-state index contributed by atoms with van der Waals surface area (Å²) in [5, 5.41) is 4.69. The first-order valence-corrected chi connectivity index (χ1v) is 12.5. The number of nitrogens with zero attached hydrogens (tertiary/aromatic N) is 2. The summed E-state index contributed by atoms with van der Waals surface area (Å²) in [6.07, 6.45) is 1.96. The van der Waals surface area contributed by atoms with E-state index in [2.05, 4.69) is 54.7 Å². The van der Waals surface area contributed by atoms with Gasteiger partial charge in [0.05, 0.1) is 17.5 Å². The molecule has 0 unspecified atom stereocenters. The van der Waals surface area contributed by atoms with E-state index in [1.807, 2.05) is 30.3 Å². The summed E-state index contributed by atoms with van der Waals surface area (Å²) >= 11 is 0. The van der Waals surface area contributed by atoms with E-state index in [1.165, 1.54) is 16.1 Å². The predicted molar refractivity (Wildman–Crippen MR) is 131 cm³/mol. The molecule has 0 saturated heterocycles. The van der Waals surface area contributed by atoms with Crippen molar-refractivity contribution in [3.63, 3.8) is 0 Å². The van der Waals surface area contributed by atoms with Gasteiger partial charge in [-0.25, -0.2) is 13.4 Å². The number of benzene rings is 3. The molecule has 1 N–H and O–H groups in total. The molecule has 162 valence electrons. The number of nitrogens with one attached hydrogen (secondary N) is 1. The quantitative estimate of drug-likeness (QED) is 0.467. The summed E-state index contributed by atoms with van der Waals surface area (Å²) in [4.78, 5) is 4.87. The first kappa shape index (κ1) is 20.7. The molecule has 2 heterocycles. The van der Waals surface area contributed by atoms with Crippen molar-refractivity contribution in [2.75, 3.05) is 18.1 Å². The van der Waals surface area contributed by atoms with E-state index < -0.39 is 10.0 Å². The Balaban J connectivity index is 1.47. The number of para-hydroxylation sites is 1. The van der Waals surface area contributed by atoms with Crippen molar-refractivity contribution >= 4 is 32.3 Å². The lowest BCUT2D eigenvalue weighted by Gasteiger charge is -2.28. The fraction of sp³-hybridized carbons (Fsp3) is 0.192. The van der Waals surface area contributed by atoms with Crippen LogP contribution in [0.2, 0.25) is 0 Å². The number of aromatic nitrogens is 1. The largest absolute Gasteiger partial charge is 0.355 e. The van der Waals surface area contributed by atoms with Gasteiger partial charge in [-0.3, -0.25) is 0 Å². The Morgan fingerprint density at radius 2 is 1.81 bits per heavy atom. The lowest BCUT2D eigenvalue weighted by molar-refractivity contribution is 0.395. The van der Waals surface area contributed by atoms with Crippen molar-refractivity contribution in [1.82, 2.24) is 9.29 Å². The van der Waals surface area contributed by atoms with Gasteiger partial charge in [0.2, 0.25) is 10.0 Å². The van der Waals surface area contributed by atoms with Crippen LogP contribution in [-0.4, -0.2) is 30.5 Å². The maximum absolute atomic E-state index is 12.0. The third-order valence-corrected chi connectivity index (χ3v) is 7.34. The molecule has 6 heteroatoms. The molecule has 5 rings (SSSR count). The minimum atomic E-state index is -3.19. The number of hydrogen-bond acceptors (Lipinski definition) is 4. The third kappa shape index (κ3) is 3.99. The molecule has 1 aromatic heterocycles. The zero-order valence-electron chi connectivity index (χ0n) is 18.2. The normalized spacial score (nSPS) is 14.3. The van der Waals surface area contributed by atoms with Gasteiger partial charge in [0.25, 0.3) is 0 Å². The smallest absolute Gasteiger partial charge is 0.211 e. The molecule has 0 aliphatic carbocycles. The van der Waals surface area contributed by atoms with E-state index >= 15 is 0 Å². The highest BCUT2D eigenvalue weighted by atomic mass is 32.2. The number of fused-ring (bicyclic) bond motifs is 2. The van der Waals surface area contributed by atoms with Crippen molar-refractivity contribution in [3.8, 4) is 11.3 Å². The number of hydrogen-bond donors (Lipinski definition) is 1. The van der Waals surface area contributed by atoms with Gasteiger partial charge in [-0.1, -0.05) is 42.5 Å².